The second-order valence-corrected chi connectivity index (χ2v) is 8.67. The van der Waals surface area contributed by atoms with Crippen LogP contribution in [0.1, 0.15) is 49.8 Å². The third kappa shape index (κ3) is 4.75. The maximum atomic E-state index is 9.63. The van der Waals surface area contributed by atoms with Crippen LogP contribution in [0.4, 0.5) is 5.69 Å². The molecule has 29 heavy (non-hydrogen) atoms. The number of nitrogens with zero attached hydrogens (tertiary/aromatic N) is 4. The maximum absolute atomic E-state index is 9.63. The molecule has 0 aromatic carbocycles. The molecule has 0 spiro atoms. The normalized spacial score (nSPS) is 19.6. The molecule has 2 aromatic rings. The zero-order chi connectivity index (χ0) is 20.3. The summed E-state index contributed by atoms with van der Waals surface area (Å²) in [5.74, 6) is 6.50. The average molecular weight is 415 g/mol. The Morgan fingerprint density at radius 2 is 2.00 bits per heavy atom. The largest absolute Gasteiger partial charge is 0.396 e. The van der Waals surface area contributed by atoms with Crippen molar-refractivity contribution in [2.24, 2.45) is 5.41 Å². The molecule has 2 aromatic heterocycles. The van der Waals surface area contributed by atoms with E-state index in [0.29, 0.717) is 11.2 Å². The van der Waals surface area contributed by atoms with Crippen molar-refractivity contribution in [2.45, 2.75) is 38.6 Å². The fraction of sp³-hybridized carbons (Fsp3) is 0.545. The molecule has 0 unspecified atom stereocenters. The molecule has 0 aliphatic carbocycles. The minimum absolute atomic E-state index is 0.00208. The standard InChI is InChI=1S/C22H27ClN4O2/c1-22(16-28)6-8-26(9-7-22)20-12-21(23)24-14-18(20)3-2-17-13-25-27(15-17)19-4-10-29-11-5-19/h12-15,19,28H,4-11,16H2,1H3. The summed E-state index contributed by atoms with van der Waals surface area (Å²) in [7, 11) is 0. The molecule has 6 nitrogen and oxygen atoms in total. The second kappa shape index (κ2) is 8.74. The smallest absolute Gasteiger partial charge is 0.131 e. The molecule has 2 saturated heterocycles. The Morgan fingerprint density at radius 3 is 2.72 bits per heavy atom. The first-order valence-corrected chi connectivity index (χ1v) is 10.6. The second-order valence-electron chi connectivity index (χ2n) is 8.28. The van der Waals surface area contributed by atoms with Crippen LogP contribution in [-0.2, 0) is 4.74 Å². The Hall–Kier alpha value is -2.07. The summed E-state index contributed by atoms with van der Waals surface area (Å²) < 4.78 is 7.44. The number of rotatable bonds is 3. The van der Waals surface area contributed by atoms with Crippen LogP contribution in [0.2, 0.25) is 5.15 Å². The van der Waals surface area contributed by atoms with Crippen molar-refractivity contribution >= 4 is 17.3 Å². The number of ether oxygens (including phenoxy) is 1. The predicted octanol–water partition coefficient (Wildman–Crippen LogP) is 3.28. The van der Waals surface area contributed by atoms with Crippen LogP contribution in [-0.4, -0.2) is 52.8 Å². The number of hydrogen-bond donors (Lipinski definition) is 1. The molecule has 1 N–H and O–H groups in total. The fourth-order valence-electron chi connectivity index (χ4n) is 3.92. The topological polar surface area (TPSA) is 63.4 Å². The molecule has 4 heterocycles. The van der Waals surface area contributed by atoms with E-state index in [9.17, 15) is 5.11 Å². The number of aliphatic hydroxyl groups is 1. The molecule has 0 atom stereocenters. The molecule has 0 amide bonds. The number of aliphatic hydroxyl groups excluding tert-OH is 1. The Labute approximate surface area is 176 Å². The van der Waals surface area contributed by atoms with Gasteiger partial charge >= 0.3 is 0 Å². The van der Waals surface area contributed by atoms with Crippen molar-refractivity contribution in [2.75, 3.05) is 37.8 Å². The fourth-order valence-corrected chi connectivity index (χ4v) is 4.07. The van der Waals surface area contributed by atoms with E-state index in [1.165, 1.54) is 0 Å². The van der Waals surface area contributed by atoms with Crippen LogP contribution in [0.3, 0.4) is 0 Å². The third-order valence-electron chi connectivity index (χ3n) is 6.05. The van der Waals surface area contributed by atoms with Crippen molar-refractivity contribution in [1.82, 2.24) is 14.8 Å². The van der Waals surface area contributed by atoms with Gasteiger partial charge in [-0.15, -0.1) is 0 Å². The molecule has 154 valence electrons. The van der Waals surface area contributed by atoms with Gasteiger partial charge in [-0.3, -0.25) is 4.68 Å². The van der Waals surface area contributed by atoms with Crippen molar-refractivity contribution in [3.8, 4) is 11.8 Å². The van der Waals surface area contributed by atoms with Gasteiger partial charge in [-0.25, -0.2) is 4.98 Å². The molecule has 2 aliphatic heterocycles. The molecule has 0 radical (unpaired) electrons. The van der Waals surface area contributed by atoms with Crippen LogP contribution in [0.25, 0.3) is 0 Å². The van der Waals surface area contributed by atoms with Crippen LogP contribution in [0.5, 0.6) is 0 Å². The minimum Gasteiger partial charge on any atom is -0.396 e. The summed E-state index contributed by atoms with van der Waals surface area (Å²) in [6.07, 6.45) is 9.43. The van der Waals surface area contributed by atoms with Gasteiger partial charge in [0, 0.05) is 51.4 Å². The summed E-state index contributed by atoms with van der Waals surface area (Å²) in [4.78, 5) is 6.52. The highest BCUT2D eigenvalue weighted by atomic mass is 35.5. The van der Waals surface area contributed by atoms with Gasteiger partial charge in [-0.05, 0) is 31.1 Å². The van der Waals surface area contributed by atoms with Gasteiger partial charge in [0.2, 0.25) is 0 Å². The van der Waals surface area contributed by atoms with Gasteiger partial charge in [-0.1, -0.05) is 30.4 Å². The summed E-state index contributed by atoms with van der Waals surface area (Å²) in [5.41, 5.74) is 2.76. The predicted molar refractivity (Wildman–Crippen MR) is 113 cm³/mol. The molecular weight excluding hydrogens is 388 g/mol. The Kier molecular flexibility index (Phi) is 6.09. The van der Waals surface area contributed by atoms with Gasteiger partial charge in [-0.2, -0.15) is 5.10 Å². The summed E-state index contributed by atoms with van der Waals surface area (Å²) in [5, 5.41) is 14.6. The van der Waals surface area contributed by atoms with E-state index in [0.717, 1.165) is 68.8 Å². The van der Waals surface area contributed by atoms with Gasteiger partial charge in [0.1, 0.15) is 5.15 Å². The summed E-state index contributed by atoms with van der Waals surface area (Å²) in [6, 6.07) is 2.28. The quantitative estimate of drug-likeness (QED) is 0.616. The van der Waals surface area contributed by atoms with Gasteiger partial charge in [0.25, 0.3) is 0 Å². The Balaban J connectivity index is 1.52. The molecular formula is C22H27ClN4O2. The van der Waals surface area contributed by atoms with Gasteiger partial charge in [0.15, 0.2) is 0 Å². The molecule has 0 saturated carbocycles. The van der Waals surface area contributed by atoms with Crippen molar-refractivity contribution in [3.05, 3.63) is 40.9 Å². The van der Waals surface area contributed by atoms with Crippen LogP contribution >= 0.6 is 11.6 Å². The van der Waals surface area contributed by atoms with Crippen LogP contribution in [0.15, 0.2) is 24.7 Å². The van der Waals surface area contributed by atoms with Crippen molar-refractivity contribution in [3.63, 3.8) is 0 Å². The van der Waals surface area contributed by atoms with Crippen molar-refractivity contribution in [1.29, 1.82) is 0 Å². The van der Waals surface area contributed by atoms with Crippen LogP contribution < -0.4 is 4.90 Å². The summed E-state index contributed by atoms with van der Waals surface area (Å²) in [6.45, 7) is 5.68. The SMILES string of the molecule is CC1(CO)CCN(c2cc(Cl)ncc2C#Cc2cnn(C3CCOCC3)c2)CC1. The molecule has 0 bridgehead atoms. The zero-order valence-electron chi connectivity index (χ0n) is 16.8. The third-order valence-corrected chi connectivity index (χ3v) is 6.26. The average Bonchev–Trinajstić information content (AvgIpc) is 3.23. The highest BCUT2D eigenvalue weighted by Crippen LogP contribution is 2.34. The first kappa shape index (κ1) is 20.2. The summed E-state index contributed by atoms with van der Waals surface area (Å²) >= 11 is 6.18. The lowest BCUT2D eigenvalue weighted by molar-refractivity contribution is 0.0662. The maximum Gasteiger partial charge on any atom is 0.131 e. The molecule has 2 fully saturated rings. The number of anilines is 1. The van der Waals surface area contributed by atoms with E-state index >= 15 is 0 Å². The Morgan fingerprint density at radius 1 is 1.24 bits per heavy atom. The van der Waals surface area contributed by atoms with E-state index in [1.54, 1.807) is 6.20 Å². The lowest BCUT2D eigenvalue weighted by Gasteiger charge is -2.39. The number of halogens is 1. The van der Waals surface area contributed by atoms with Crippen LogP contribution in [0, 0.1) is 17.3 Å². The van der Waals surface area contributed by atoms with E-state index < -0.39 is 0 Å². The number of hydrogen-bond acceptors (Lipinski definition) is 5. The highest BCUT2D eigenvalue weighted by Gasteiger charge is 2.30. The van der Waals surface area contributed by atoms with E-state index in [-0.39, 0.29) is 12.0 Å². The van der Waals surface area contributed by atoms with E-state index in [2.05, 4.69) is 33.7 Å². The lowest BCUT2D eigenvalue weighted by Crippen LogP contribution is -2.40. The monoisotopic (exact) mass is 414 g/mol. The van der Waals surface area contributed by atoms with Gasteiger partial charge < -0.3 is 14.7 Å². The number of pyridine rings is 1. The molecule has 7 heteroatoms. The molecule has 2 aliphatic rings. The first-order chi connectivity index (χ1) is 14.1. The van der Waals surface area contributed by atoms with Gasteiger partial charge in [0.05, 0.1) is 29.1 Å². The zero-order valence-corrected chi connectivity index (χ0v) is 17.5. The van der Waals surface area contributed by atoms with E-state index in [4.69, 9.17) is 16.3 Å². The number of piperidine rings is 1. The molecule has 4 rings (SSSR count). The minimum atomic E-state index is -0.00208. The van der Waals surface area contributed by atoms with E-state index in [1.807, 2.05) is 23.1 Å². The van der Waals surface area contributed by atoms with Crippen molar-refractivity contribution < 1.29 is 9.84 Å². The Bertz CT molecular complexity index is 903. The highest BCUT2D eigenvalue weighted by molar-refractivity contribution is 6.29. The number of aromatic nitrogens is 3. The first-order valence-electron chi connectivity index (χ1n) is 10.2. The lowest BCUT2D eigenvalue weighted by atomic mass is 9.81.